The van der Waals surface area contributed by atoms with Crippen LogP contribution < -0.4 is 10.1 Å². The number of ether oxygens (including phenoxy) is 1. The number of halogens is 1. The van der Waals surface area contributed by atoms with E-state index in [4.69, 9.17) is 20.8 Å². The summed E-state index contributed by atoms with van der Waals surface area (Å²) in [6.45, 7) is 4.71. The molecule has 1 aromatic heterocycles. The van der Waals surface area contributed by atoms with E-state index in [1.807, 2.05) is 50.2 Å². The molecule has 138 valence electrons. The Bertz CT molecular complexity index is 1030. The van der Waals surface area contributed by atoms with Crippen LogP contribution in [-0.2, 0) is 12.0 Å². The van der Waals surface area contributed by atoms with Crippen molar-refractivity contribution in [2.45, 2.75) is 25.8 Å². The summed E-state index contributed by atoms with van der Waals surface area (Å²) in [6.07, 6.45) is 1.79. The average molecular weight is 383 g/mol. The lowest BCUT2D eigenvalue weighted by molar-refractivity contribution is 0.405. The highest BCUT2D eigenvalue weighted by Crippen LogP contribution is 2.35. The number of fused-ring (bicyclic) bond motifs is 1. The summed E-state index contributed by atoms with van der Waals surface area (Å²) >= 11 is 6.47. The Hall–Kier alpha value is -2.86. The van der Waals surface area contributed by atoms with Gasteiger partial charge >= 0.3 is 6.01 Å². The molecule has 0 atom stereocenters. The number of nitrogens with zero attached hydrogens (tertiary/aromatic N) is 3. The Morgan fingerprint density at radius 3 is 2.85 bits per heavy atom. The first kappa shape index (κ1) is 17.5. The number of anilines is 2. The third-order valence-corrected chi connectivity index (χ3v) is 5.15. The number of aliphatic imine (C=N–C) groups is 1. The van der Waals surface area contributed by atoms with Gasteiger partial charge in [-0.1, -0.05) is 34.9 Å². The second-order valence-corrected chi connectivity index (χ2v) is 7.24. The van der Waals surface area contributed by atoms with Gasteiger partial charge in [-0.15, -0.1) is 5.10 Å². The molecular formula is C20H19ClN4O2. The van der Waals surface area contributed by atoms with Crippen molar-refractivity contribution in [3.63, 3.8) is 0 Å². The SMILES string of the molecule is COc1cccc(C(C)(C)c2nnc(Nc3ccc4c(c3Cl)C=NC4)o2)c1. The molecule has 1 aliphatic heterocycles. The second-order valence-electron chi connectivity index (χ2n) is 6.86. The minimum Gasteiger partial charge on any atom is -0.497 e. The van der Waals surface area contributed by atoms with Gasteiger partial charge in [-0.05, 0) is 43.2 Å². The molecule has 0 saturated heterocycles. The van der Waals surface area contributed by atoms with Gasteiger partial charge in [0.15, 0.2) is 0 Å². The number of hydrogen-bond donors (Lipinski definition) is 1. The first-order chi connectivity index (χ1) is 13.0. The van der Waals surface area contributed by atoms with Crippen molar-refractivity contribution in [1.29, 1.82) is 0 Å². The van der Waals surface area contributed by atoms with Crippen LogP contribution in [0.3, 0.4) is 0 Å². The van der Waals surface area contributed by atoms with Gasteiger partial charge in [-0.3, -0.25) is 4.99 Å². The van der Waals surface area contributed by atoms with E-state index in [9.17, 15) is 0 Å². The molecule has 0 amide bonds. The first-order valence-electron chi connectivity index (χ1n) is 8.56. The predicted molar refractivity (Wildman–Crippen MR) is 105 cm³/mol. The molecule has 0 aliphatic carbocycles. The molecule has 0 unspecified atom stereocenters. The molecule has 6 nitrogen and oxygen atoms in total. The van der Waals surface area contributed by atoms with Crippen LogP contribution in [-0.4, -0.2) is 23.5 Å². The molecule has 27 heavy (non-hydrogen) atoms. The van der Waals surface area contributed by atoms with Gasteiger partial charge in [0, 0.05) is 11.8 Å². The average Bonchev–Trinajstić information content (AvgIpc) is 3.34. The zero-order chi connectivity index (χ0) is 19.0. The summed E-state index contributed by atoms with van der Waals surface area (Å²) in [6, 6.07) is 12.0. The van der Waals surface area contributed by atoms with E-state index in [-0.39, 0.29) is 6.01 Å². The fraction of sp³-hybridized carbons (Fsp3) is 0.250. The Kier molecular flexibility index (Phi) is 4.36. The standard InChI is InChI=1S/C20H19ClN4O2/c1-20(2,13-5-4-6-14(9-13)26-3)18-24-25-19(27-18)23-16-8-7-12-10-22-11-15(12)17(16)21/h4-9,11H,10H2,1-3H3,(H,23,25). The van der Waals surface area contributed by atoms with Crippen LogP contribution in [0.5, 0.6) is 5.75 Å². The third kappa shape index (κ3) is 3.17. The molecule has 1 N–H and O–H groups in total. The van der Waals surface area contributed by atoms with Gasteiger partial charge < -0.3 is 14.5 Å². The largest absolute Gasteiger partial charge is 0.497 e. The third-order valence-electron chi connectivity index (χ3n) is 4.74. The van der Waals surface area contributed by atoms with Crippen LogP contribution in [0.1, 0.15) is 36.4 Å². The second kappa shape index (κ2) is 6.70. The molecule has 0 radical (unpaired) electrons. The highest BCUT2D eigenvalue weighted by Gasteiger charge is 2.30. The number of rotatable bonds is 5. The minimum atomic E-state index is -0.476. The van der Waals surface area contributed by atoms with Gasteiger partial charge in [-0.2, -0.15) is 0 Å². The monoisotopic (exact) mass is 382 g/mol. The lowest BCUT2D eigenvalue weighted by atomic mass is 9.84. The van der Waals surface area contributed by atoms with Gasteiger partial charge in [0.1, 0.15) is 5.75 Å². The molecule has 3 aromatic rings. The fourth-order valence-electron chi connectivity index (χ4n) is 3.02. The molecule has 0 saturated carbocycles. The zero-order valence-corrected chi connectivity index (χ0v) is 16.0. The van der Waals surface area contributed by atoms with Crippen molar-refractivity contribution < 1.29 is 9.15 Å². The van der Waals surface area contributed by atoms with Crippen molar-refractivity contribution in [2.75, 3.05) is 12.4 Å². The zero-order valence-electron chi connectivity index (χ0n) is 15.3. The fourth-order valence-corrected chi connectivity index (χ4v) is 3.30. The van der Waals surface area contributed by atoms with Crippen LogP contribution in [0.25, 0.3) is 0 Å². The van der Waals surface area contributed by atoms with Crippen molar-refractivity contribution in [3.05, 3.63) is 64.0 Å². The maximum Gasteiger partial charge on any atom is 0.320 e. The first-order valence-corrected chi connectivity index (χ1v) is 8.93. The van der Waals surface area contributed by atoms with Gasteiger partial charge in [0.25, 0.3) is 0 Å². The minimum absolute atomic E-state index is 0.290. The smallest absolute Gasteiger partial charge is 0.320 e. The van der Waals surface area contributed by atoms with E-state index in [1.165, 1.54) is 0 Å². The van der Waals surface area contributed by atoms with Crippen LogP contribution in [0.4, 0.5) is 11.7 Å². The molecule has 1 aliphatic rings. The molecule has 2 aromatic carbocycles. The molecule has 7 heteroatoms. The van der Waals surface area contributed by atoms with E-state index in [2.05, 4.69) is 20.5 Å². The molecule has 2 heterocycles. The van der Waals surface area contributed by atoms with Crippen LogP contribution in [0, 0.1) is 0 Å². The molecule has 0 fully saturated rings. The van der Waals surface area contributed by atoms with Crippen molar-refractivity contribution in [3.8, 4) is 5.75 Å². The van der Waals surface area contributed by atoms with E-state index in [1.54, 1.807) is 13.3 Å². The van der Waals surface area contributed by atoms with Gasteiger partial charge in [-0.25, -0.2) is 0 Å². The van der Waals surface area contributed by atoms with Crippen LogP contribution in [0.15, 0.2) is 45.8 Å². The Morgan fingerprint density at radius 1 is 1.19 bits per heavy atom. The number of hydrogen-bond acceptors (Lipinski definition) is 6. The van der Waals surface area contributed by atoms with Gasteiger partial charge in [0.05, 0.1) is 29.8 Å². The van der Waals surface area contributed by atoms with Crippen molar-refractivity contribution in [2.24, 2.45) is 4.99 Å². The summed E-state index contributed by atoms with van der Waals surface area (Å²) in [5.74, 6) is 1.28. The topological polar surface area (TPSA) is 72.5 Å². The summed E-state index contributed by atoms with van der Waals surface area (Å²) in [5, 5.41) is 12.1. The van der Waals surface area contributed by atoms with Gasteiger partial charge in [0.2, 0.25) is 5.89 Å². The van der Waals surface area contributed by atoms with E-state index >= 15 is 0 Å². The highest BCUT2D eigenvalue weighted by molar-refractivity contribution is 6.36. The summed E-state index contributed by atoms with van der Waals surface area (Å²) in [4.78, 5) is 4.25. The highest BCUT2D eigenvalue weighted by atomic mass is 35.5. The molecule has 4 rings (SSSR count). The van der Waals surface area contributed by atoms with Crippen LogP contribution >= 0.6 is 11.6 Å². The summed E-state index contributed by atoms with van der Waals surface area (Å²) < 4.78 is 11.2. The number of methoxy groups -OCH3 is 1. The number of nitrogens with one attached hydrogen (secondary N) is 1. The Balaban J connectivity index is 1.61. The quantitative estimate of drug-likeness (QED) is 0.690. The number of benzene rings is 2. The Morgan fingerprint density at radius 2 is 2.04 bits per heavy atom. The normalized spacial score (nSPS) is 12.9. The molecule has 0 spiro atoms. The number of aromatic nitrogens is 2. The maximum absolute atomic E-state index is 6.47. The lowest BCUT2D eigenvalue weighted by Gasteiger charge is -2.21. The Labute approximate surface area is 162 Å². The summed E-state index contributed by atoms with van der Waals surface area (Å²) in [5.41, 5.74) is 3.28. The summed E-state index contributed by atoms with van der Waals surface area (Å²) in [7, 11) is 1.64. The maximum atomic E-state index is 6.47. The van der Waals surface area contributed by atoms with E-state index < -0.39 is 5.41 Å². The predicted octanol–water partition coefficient (Wildman–Crippen LogP) is 4.73. The lowest BCUT2D eigenvalue weighted by Crippen LogP contribution is -2.19. The van der Waals surface area contributed by atoms with Crippen molar-refractivity contribution in [1.82, 2.24) is 10.2 Å². The molecule has 0 bridgehead atoms. The molecular weight excluding hydrogens is 364 g/mol. The van der Waals surface area contributed by atoms with E-state index in [0.29, 0.717) is 23.1 Å². The van der Waals surface area contributed by atoms with E-state index in [0.717, 1.165) is 22.4 Å². The van der Waals surface area contributed by atoms with Crippen LogP contribution in [0.2, 0.25) is 5.02 Å². The van der Waals surface area contributed by atoms with Crippen molar-refractivity contribution >= 4 is 29.5 Å².